The first kappa shape index (κ1) is 11.5. The zero-order chi connectivity index (χ0) is 10.6. The summed E-state index contributed by atoms with van der Waals surface area (Å²) < 4.78 is 0. The van der Waals surface area contributed by atoms with Gasteiger partial charge < -0.3 is 14.9 Å². The fraction of sp³-hybridized carbons (Fsp3) is 0.900. The number of aliphatic hydroxyl groups is 1. The minimum Gasteiger partial charge on any atom is -0.392 e. The van der Waals surface area contributed by atoms with Gasteiger partial charge in [0.15, 0.2) is 0 Å². The number of nitrogens with zero attached hydrogens (tertiary/aromatic N) is 2. The van der Waals surface area contributed by atoms with Crippen molar-refractivity contribution in [2.24, 2.45) is 0 Å². The fourth-order valence-electron chi connectivity index (χ4n) is 1.69. The van der Waals surface area contributed by atoms with E-state index in [1.807, 2.05) is 0 Å². The van der Waals surface area contributed by atoms with E-state index >= 15 is 0 Å². The summed E-state index contributed by atoms with van der Waals surface area (Å²) in [6.45, 7) is 2.67. The van der Waals surface area contributed by atoms with E-state index < -0.39 is 0 Å². The average Bonchev–Trinajstić information content (AvgIpc) is 2.51. The molecule has 14 heavy (non-hydrogen) atoms. The van der Waals surface area contributed by atoms with Crippen molar-refractivity contribution in [3.63, 3.8) is 0 Å². The third kappa shape index (κ3) is 3.64. The van der Waals surface area contributed by atoms with Gasteiger partial charge in [-0.1, -0.05) is 0 Å². The molecule has 1 N–H and O–H groups in total. The molecule has 1 amide bonds. The maximum Gasteiger partial charge on any atom is 0.222 e. The molecule has 1 saturated heterocycles. The third-order valence-corrected chi connectivity index (χ3v) is 2.61. The second-order valence-corrected chi connectivity index (χ2v) is 4.13. The maximum absolute atomic E-state index is 11.2. The van der Waals surface area contributed by atoms with E-state index in [1.165, 1.54) is 0 Å². The van der Waals surface area contributed by atoms with E-state index in [4.69, 9.17) is 0 Å². The van der Waals surface area contributed by atoms with Crippen molar-refractivity contribution in [2.45, 2.75) is 25.4 Å². The van der Waals surface area contributed by atoms with Gasteiger partial charge in [0.2, 0.25) is 5.91 Å². The van der Waals surface area contributed by atoms with E-state index in [0.717, 1.165) is 32.5 Å². The number of hydrogen-bond acceptors (Lipinski definition) is 3. The SMILES string of the molecule is CN(C)C(=O)CCCN1CCC(O)C1. The predicted octanol–water partition coefficient (Wildman–Crippen LogP) is -0.0786. The molecule has 1 heterocycles. The summed E-state index contributed by atoms with van der Waals surface area (Å²) in [5, 5.41) is 9.28. The van der Waals surface area contributed by atoms with E-state index in [2.05, 4.69) is 4.90 Å². The van der Waals surface area contributed by atoms with Crippen LogP contribution in [0.4, 0.5) is 0 Å². The number of carbonyl (C=O) groups excluding carboxylic acids is 1. The Bertz CT molecular complexity index is 195. The number of likely N-dealkylation sites (tertiary alicyclic amines) is 1. The Morgan fingerprint density at radius 1 is 1.57 bits per heavy atom. The summed E-state index contributed by atoms with van der Waals surface area (Å²) >= 11 is 0. The first-order valence-corrected chi connectivity index (χ1v) is 5.20. The minimum absolute atomic E-state index is 0.153. The van der Waals surface area contributed by atoms with E-state index in [1.54, 1.807) is 19.0 Å². The van der Waals surface area contributed by atoms with Crippen LogP contribution in [0.15, 0.2) is 0 Å². The van der Waals surface area contributed by atoms with E-state index in [-0.39, 0.29) is 12.0 Å². The zero-order valence-corrected chi connectivity index (χ0v) is 9.07. The molecule has 0 bridgehead atoms. The van der Waals surface area contributed by atoms with Gasteiger partial charge in [-0.2, -0.15) is 0 Å². The molecule has 0 aromatic rings. The van der Waals surface area contributed by atoms with Crippen molar-refractivity contribution >= 4 is 5.91 Å². The molecular formula is C10H20N2O2. The second kappa shape index (κ2) is 5.32. The highest BCUT2D eigenvalue weighted by molar-refractivity contribution is 5.75. The molecule has 4 nitrogen and oxygen atoms in total. The lowest BCUT2D eigenvalue weighted by Crippen LogP contribution is -2.26. The van der Waals surface area contributed by atoms with Crippen LogP contribution in [-0.2, 0) is 4.79 Å². The minimum atomic E-state index is -0.153. The smallest absolute Gasteiger partial charge is 0.222 e. The summed E-state index contributed by atoms with van der Waals surface area (Å²) in [5.41, 5.74) is 0. The molecule has 1 aliphatic heterocycles. The molecule has 1 atom stereocenters. The number of aliphatic hydroxyl groups excluding tert-OH is 1. The largest absolute Gasteiger partial charge is 0.392 e. The molecule has 0 aliphatic carbocycles. The molecule has 0 spiro atoms. The van der Waals surface area contributed by atoms with Gasteiger partial charge in [-0.15, -0.1) is 0 Å². The van der Waals surface area contributed by atoms with Crippen LogP contribution in [0.2, 0.25) is 0 Å². The van der Waals surface area contributed by atoms with Crippen LogP contribution >= 0.6 is 0 Å². The summed E-state index contributed by atoms with van der Waals surface area (Å²) in [4.78, 5) is 15.1. The second-order valence-electron chi connectivity index (χ2n) is 4.13. The monoisotopic (exact) mass is 200 g/mol. The van der Waals surface area contributed by atoms with Gasteiger partial charge in [-0.05, 0) is 19.4 Å². The number of β-amino-alcohol motifs (C(OH)–C–C–N with tert-alkyl or cyclic N) is 1. The highest BCUT2D eigenvalue weighted by Crippen LogP contribution is 2.09. The molecule has 1 aliphatic rings. The van der Waals surface area contributed by atoms with Gasteiger partial charge in [0.1, 0.15) is 0 Å². The van der Waals surface area contributed by atoms with Crippen LogP contribution < -0.4 is 0 Å². The quantitative estimate of drug-likeness (QED) is 0.690. The zero-order valence-electron chi connectivity index (χ0n) is 9.07. The van der Waals surface area contributed by atoms with Crippen LogP contribution in [0.5, 0.6) is 0 Å². The van der Waals surface area contributed by atoms with E-state index in [9.17, 15) is 9.90 Å². The Morgan fingerprint density at radius 2 is 2.29 bits per heavy atom. The van der Waals surface area contributed by atoms with Crippen LogP contribution in [0.3, 0.4) is 0 Å². The van der Waals surface area contributed by atoms with Crippen LogP contribution in [-0.4, -0.2) is 60.6 Å². The summed E-state index contributed by atoms with van der Waals surface area (Å²) in [5.74, 6) is 0.185. The fourth-order valence-corrected chi connectivity index (χ4v) is 1.69. The molecule has 1 rings (SSSR count). The van der Waals surface area contributed by atoms with Crippen LogP contribution in [0, 0.1) is 0 Å². The standard InChI is InChI=1S/C10H20N2O2/c1-11(2)10(14)4-3-6-12-7-5-9(13)8-12/h9,13H,3-8H2,1-2H3. The van der Waals surface area contributed by atoms with Crippen molar-refractivity contribution in [3.05, 3.63) is 0 Å². The van der Waals surface area contributed by atoms with Gasteiger partial charge in [0, 0.05) is 33.6 Å². The highest BCUT2D eigenvalue weighted by atomic mass is 16.3. The van der Waals surface area contributed by atoms with E-state index in [0.29, 0.717) is 6.42 Å². The summed E-state index contributed by atoms with van der Waals surface area (Å²) in [7, 11) is 3.56. The van der Waals surface area contributed by atoms with Gasteiger partial charge >= 0.3 is 0 Å². The molecule has 0 aromatic heterocycles. The molecule has 4 heteroatoms. The lowest BCUT2D eigenvalue weighted by Gasteiger charge is -2.15. The number of amides is 1. The van der Waals surface area contributed by atoms with Crippen molar-refractivity contribution in [3.8, 4) is 0 Å². The first-order chi connectivity index (χ1) is 6.59. The number of carbonyl (C=O) groups is 1. The lowest BCUT2D eigenvalue weighted by molar-refractivity contribution is -0.128. The molecule has 0 radical (unpaired) electrons. The molecule has 0 saturated carbocycles. The topological polar surface area (TPSA) is 43.8 Å². The Hall–Kier alpha value is -0.610. The predicted molar refractivity (Wildman–Crippen MR) is 55.0 cm³/mol. The Labute approximate surface area is 85.5 Å². The molecule has 0 aromatic carbocycles. The van der Waals surface area contributed by atoms with Gasteiger partial charge in [0.05, 0.1) is 6.10 Å². The Morgan fingerprint density at radius 3 is 2.79 bits per heavy atom. The Kier molecular flexibility index (Phi) is 4.35. The van der Waals surface area contributed by atoms with Crippen molar-refractivity contribution < 1.29 is 9.90 Å². The number of rotatable bonds is 4. The van der Waals surface area contributed by atoms with Gasteiger partial charge in [0.25, 0.3) is 0 Å². The van der Waals surface area contributed by atoms with Crippen molar-refractivity contribution in [1.82, 2.24) is 9.80 Å². The highest BCUT2D eigenvalue weighted by Gasteiger charge is 2.19. The normalized spacial score (nSPS) is 22.6. The molecule has 1 fully saturated rings. The number of hydrogen-bond donors (Lipinski definition) is 1. The first-order valence-electron chi connectivity index (χ1n) is 5.20. The van der Waals surface area contributed by atoms with Gasteiger partial charge in [-0.25, -0.2) is 0 Å². The average molecular weight is 200 g/mol. The van der Waals surface area contributed by atoms with Crippen molar-refractivity contribution in [1.29, 1.82) is 0 Å². The third-order valence-electron chi connectivity index (χ3n) is 2.61. The Balaban J connectivity index is 2.07. The summed E-state index contributed by atoms with van der Waals surface area (Å²) in [6.07, 6.45) is 2.23. The maximum atomic E-state index is 11.2. The van der Waals surface area contributed by atoms with Crippen LogP contribution in [0.1, 0.15) is 19.3 Å². The van der Waals surface area contributed by atoms with Crippen molar-refractivity contribution in [2.75, 3.05) is 33.7 Å². The molecular weight excluding hydrogens is 180 g/mol. The van der Waals surface area contributed by atoms with Gasteiger partial charge in [-0.3, -0.25) is 4.79 Å². The molecule has 1 unspecified atom stereocenters. The molecule has 82 valence electrons. The summed E-state index contributed by atoms with van der Waals surface area (Å²) in [6, 6.07) is 0. The lowest BCUT2D eigenvalue weighted by atomic mass is 10.2. The van der Waals surface area contributed by atoms with Crippen LogP contribution in [0.25, 0.3) is 0 Å².